The Morgan fingerprint density at radius 1 is 1.13 bits per heavy atom. The number of nitrogens with zero attached hydrogens (tertiary/aromatic N) is 3. The monoisotopic (exact) mass is 418 g/mol. The lowest BCUT2D eigenvalue weighted by Crippen LogP contribution is -2.30. The number of phenolic OH excluding ortho intramolecular Hbond substituents is 1. The zero-order valence-corrected chi connectivity index (χ0v) is 17.2. The van der Waals surface area contributed by atoms with Gasteiger partial charge in [-0.2, -0.15) is 9.97 Å². The summed E-state index contributed by atoms with van der Waals surface area (Å²) in [7, 11) is 2.06. The van der Waals surface area contributed by atoms with Gasteiger partial charge in [0, 0.05) is 17.0 Å². The molecule has 1 aliphatic rings. The van der Waals surface area contributed by atoms with Crippen molar-refractivity contribution in [1.29, 1.82) is 0 Å². The molecule has 4 aromatic rings. The molecule has 0 unspecified atom stereocenters. The van der Waals surface area contributed by atoms with Gasteiger partial charge in [-0.05, 0) is 61.0 Å². The molecule has 0 radical (unpaired) electrons. The molecule has 6 nitrogen and oxygen atoms in total. The van der Waals surface area contributed by atoms with E-state index in [1.165, 1.54) is 0 Å². The van der Waals surface area contributed by atoms with E-state index < -0.39 is 5.82 Å². The van der Waals surface area contributed by atoms with Crippen LogP contribution in [0.15, 0.2) is 48.5 Å². The average molecular weight is 418 g/mol. The van der Waals surface area contributed by atoms with Crippen LogP contribution < -0.4 is 10.5 Å². The Morgan fingerprint density at radius 3 is 2.77 bits per heavy atom. The van der Waals surface area contributed by atoms with Gasteiger partial charge in [0.15, 0.2) is 5.82 Å². The first-order valence-corrected chi connectivity index (χ1v) is 10.3. The molecule has 0 bridgehead atoms. The number of rotatable bonds is 4. The third-order valence-corrected chi connectivity index (χ3v) is 6.03. The number of anilines is 1. The molecular weight excluding hydrogens is 395 g/mol. The van der Waals surface area contributed by atoms with Gasteiger partial charge in [0.05, 0.1) is 0 Å². The van der Waals surface area contributed by atoms with Gasteiger partial charge in [0.25, 0.3) is 0 Å². The molecule has 1 aromatic heterocycles. The Balaban J connectivity index is 1.59. The van der Waals surface area contributed by atoms with E-state index in [1.54, 1.807) is 24.3 Å². The van der Waals surface area contributed by atoms with Crippen molar-refractivity contribution in [3.63, 3.8) is 0 Å². The second-order valence-electron chi connectivity index (χ2n) is 8.02. The van der Waals surface area contributed by atoms with Crippen LogP contribution in [0.1, 0.15) is 12.8 Å². The highest BCUT2D eigenvalue weighted by atomic mass is 19.1. The molecule has 1 fully saturated rings. The Hall–Kier alpha value is -3.45. The maximum atomic E-state index is 15.7. The quantitative estimate of drug-likeness (QED) is 0.513. The molecule has 7 heteroatoms. The van der Waals surface area contributed by atoms with Crippen molar-refractivity contribution >= 4 is 27.5 Å². The third kappa shape index (κ3) is 3.51. The lowest BCUT2D eigenvalue weighted by atomic mass is 9.96. The molecule has 0 amide bonds. The molecule has 2 heterocycles. The van der Waals surface area contributed by atoms with Crippen molar-refractivity contribution in [3.05, 3.63) is 54.3 Å². The summed E-state index contributed by atoms with van der Waals surface area (Å²) in [5.41, 5.74) is 7.11. The van der Waals surface area contributed by atoms with Gasteiger partial charge < -0.3 is 20.5 Å². The van der Waals surface area contributed by atoms with Gasteiger partial charge in [-0.25, -0.2) is 4.39 Å². The van der Waals surface area contributed by atoms with Crippen LogP contribution in [0.25, 0.3) is 32.8 Å². The standard InChI is InChI=1S/C24H23FN4O2/c1-29-10-4-6-15(29)13-31-24-27-22-19(23(26)28-24)9-8-18(21(22)25)20-12-16(30)11-14-5-2-3-7-17(14)20/h2-3,5,7-9,11-12,15,30H,4,6,10,13H2,1H3,(H2,26,27,28)/t15-/m0/s1. The highest BCUT2D eigenvalue weighted by Gasteiger charge is 2.22. The van der Waals surface area contributed by atoms with Crippen molar-refractivity contribution in [2.45, 2.75) is 18.9 Å². The van der Waals surface area contributed by atoms with Crippen molar-refractivity contribution in [2.24, 2.45) is 0 Å². The number of aromatic nitrogens is 2. The number of likely N-dealkylation sites (N-methyl/N-ethyl adjacent to an activating group) is 1. The van der Waals surface area contributed by atoms with E-state index in [0.717, 1.165) is 30.2 Å². The topological polar surface area (TPSA) is 84.5 Å². The number of hydrogen-bond acceptors (Lipinski definition) is 6. The molecule has 1 aliphatic heterocycles. The molecule has 0 spiro atoms. The fourth-order valence-corrected chi connectivity index (χ4v) is 4.32. The number of nitrogen functional groups attached to an aromatic ring is 1. The van der Waals surface area contributed by atoms with Gasteiger partial charge in [0.1, 0.15) is 23.7 Å². The summed E-state index contributed by atoms with van der Waals surface area (Å²) in [6, 6.07) is 14.5. The summed E-state index contributed by atoms with van der Waals surface area (Å²) < 4.78 is 21.5. The predicted octanol–water partition coefficient (Wildman–Crippen LogP) is 4.35. The van der Waals surface area contributed by atoms with E-state index in [2.05, 4.69) is 21.9 Å². The van der Waals surface area contributed by atoms with Crippen LogP contribution in [0, 0.1) is 5.82 Å². The van der Waals surface area contributed by atoms with E-state index >= 15 is 4.39 Å². The van der Waals surface area contributed by atoms with Crippen LogP contribution in [0.3, 0.4) is 0 Å². The summed E-state index contributed by atoms with van der Waals surface area (Å²) in [5.74, 6) is -0.281. The van der Waals surface area contributed by atoms with E-state index in [9.17, 15) is 5.11 Å². The second-order valence-corrected chi connectivity index (χ2v) is 8.02. The Labute approximate surface area is 179 Å². The number of fused-ring (bicyclic) bond motifs is 2. The van der Waals surface area contributed by atoms with Crippen LogP contribution >= 0.6 is 0 Å². The molecule has 5 rings (SSSR count). The van der Waals surface area contributed by atoms with Gasteiger partial charge in [-0.3, -0.25) is 0 Å². The van der Waals surface area contributed by atoms with Gasteiger partial charge in [-0.15, -0.1) is 0 Å². The van der Waals surface area contributed by atoms with Gasteiger partial charge >= 0.3 is 6.01 Å². The number of phenols is 1. The molecule has 3 aromatic carbocycles. The number of benzene rings is 3. The Bertz CT molecular complexity index is 1290. The summed E-state index contributed by atoms with van der Waals surface area (Å²) in [5, 5.41) is 12.3. The maximum Gasteiger partial charge on any atom is 0.319 e. The largest absolute Gasteiger partial charge is 0.508 e. The highest BCUT2D eigenvalue weighted by molar-refractivity contribution is 6.01. The van der Waals surface area contributed by atoms with Crippen molar-refractivity contribution in [2.75, 3.05) is 25.9 Å². The van der Waals surface area contributed by atoms with Crippen LogP contribution in [0.2, 0.25) is 0 Å². The van der Waals surface area contributed by atoms with Crippen LogP contribution in [-0.4, -0.2) is 46.2 Å². The first-order valence-electron chi connectivity index (χ1n) is 10.3. The van der Waals surface area contributed by atoms with Crippen molar-refractivity contribution in [1.82, 2.24) is 14.9 Å². The minimum atomic E-state index is -0.523. The number of ether oxygens (including phenoxy) is 1. The zero-order valence-electron chi connectivity index (χ0n) is 17.2. The number of likely N-dealkylation sites (tertiary alicyclic amines) is 1. The molecule has 31 heavy (non-hydrogen) atoms. The molecule has 1 atom stereocenters. The molecule has 1 saturated heterocycles. The number of nitrogens with two attached hydrogens (primary N) is 1. The smallest absolute Gasteiger partial charge is 0.319 e. The molecule has 158 valence electrons. The number of hydrogen-bond donors (Lipinski definition) is 2. The van der Waals surface area contributed by atoms with Gasteiger partial charge in [0.2, 0.25) is 0 Å². The van der Waals surface area contributed by atoms with Crippen LogP contribution in [-0.2, 0) is 0 Å². The number of aromatic hydroxyl groups is 1. The van der Waals surface area contributed by atoms with E-state index in [0.29, 0.717) is 23.1 Å². The summed E-state index contributed by atoms with van der Waals surface area (Å²) >= 11 is 0. The first-order chi connectivity index (χ1) is 15.0. The SMILES string of the molecule is CN1CCC[C@H]1COc1nc(N)c2ccc(-c3cc(O)cc4ccccc34)c(F)c2n1. The molecular formula is C24H23FN4O2. The average Bonchev–Trinajstić information content (AvgIpc) is 3.17. The first kappa shape index (κ1) is 19.5. The maximum absolute atomic E-state index is 15.7. The van der Waals surface area contributed by atoms with Crippen molar-refractivity contribution in [3.8, 4) is 22.9 Å². The van der Waals surface area contributed by atoms with Crippen LogP contribution in [0.4, 0.5) is 10.2 Å². The summed E-state index contributed by atoms with van der Waals surface area (Å²) in [4.78, 5) is 10.8. The van der Waals surface area contributed by atoms with E-state index in [-0.39, 0.29) is 29.1 Å². The summed E-state index contributed by atoms with van der Waals surface area (Å²) in [6.45, 7) is 1.46. The molecule has 3 N–H and O–H groups in total. The van der Waals surface area contributed by atoms with Gasteiger partial charge in [-0.1, -0.05) is 30.3 Å². The number of halogens is 1. The zero-order chi connectivity index (χ0) is 21.5. The third-order valence-electron chi connectivity index (χ3n) is 6.03. The Kier molecular flexibility index (Phi) is 4.82. The van der Waals surface area contributed by atoms with Crippen molar-refractivity contribution < 1.29 is 14.2 Å². The lowest BCUT2D eigenvalue weighted by molar-refractivity contribution is 0.188. The predicted molar refractivity (Wildman–Crippen MR) is 120 cm³/mol. The minimum Gasteiger partial charge on any atom is -0.508 e. The second kappa shape index (κ2) is 7.67. The molecule has 0 aliphatic carbocycles. The summed E-state index contributed by atoms with van der Waals surface area (Å²) in [6.07, 6.45) is 2.17. The Morgan fingerprint density at radius 2 is 1.97 bits per heavy atom. The fourth-order valence-electron chi connectivity index (χ4n) is 4.32. The van der Waals surface area contributed by atoms with Crippen LogP contribution in [0.5, 0.6) is 11.8 Å². The highest BCUT2D eigenvalue weighted by Crippen LogP contribution is 2.37. The minimum absolute atomic E-state index is 0.0695. The lowest BCUT2D eigenvalue weighted by Gasteiger charge is -2.19. The normalized spacial score (nSPS) is 16.9. The van der Waals surface area contributed by atoms with E-state index in [1.807, 2.05) is 24.3 Å². The fraction of sp³-hybridized carbons (Fsp3) is 0.250. The molecule has 0 saturated carbocycles. The van der Waals surface area contributed by atoms with E-state index in [4.69, 9.17) is 10.5 Å².